The number of alkyl halides is 6. The molecule has 1 amide bonds. The van der Waals surface area contributed by atoms with Gasteiger partial charge in [-0.05, 0) is 18.9 Å². The molecule has 4 heterocycles. The number of carbonyl (C=O) groups is 1. The van der Waals surface area contributed by atoms with Gasteiger partial charge in [-0.15, -0.1) is 0 Å². The van der Waals surface area contributed by atoms with Crippen molar-refractivity contribution in [3.05, 3.63) is 29.3 Å². The number of halogens is 6. The highest BCUT2D eigenvalue weighted by atomic mass is 19.4. The number of H-pyrrole nitrogens is 1. The van der Waals surface area contributed by atoms with Crippen LogP contribution in [0.4, 0.5) is 38.0 Å². The molecule has 0 aliphatic carbocycles. The molecule has 0 bridgehead atoms. The number of rotatable bonds is 2. The van der Waals surface area contributed by atoms with E-state index in [1.165, 1.54) is 6.07 Å². The molecule has 0 unspecified atom stereocenters. The number of aliphatic hydroxyl groups excluding tert-OH is 1. The largest absolute Gasteiger partial charge is 0.451 e. The van der Waals surface area contributed by atoms with Gasteiger partial charge in [0.25, 0.3) is 5.91 Å². The number of nitrogens with one attached hydrogen (secondary N) is 2. The molecule has 8 nitrogen and oxygen atoms in total. The van der Waals surface area contributed by atoms with Crippen molar-refractivity contribution >= 4 is 17.5 Å². The van der Waals surface area contributed by atoms with E-state index >= 15 is 0 Å². The van der Waals surface area contributed by atoms with Crippen LogP contribution in [0.15, 0.2) is 12.3 Å². The molecular formula is C17H16F6N6O2. The van der Waals surface area contributed by atoms with E-state index in [1.807, 2.05) is 0 Å². The Morgan fingerprint density at radius 1 is 1.13 bits per heavy atom. The van der Waals surface area contributed by atoms with Gasteiger partial charge in [0.15, 0.2) is 5.82 Å². The lowest BCUT2D eigenvalue weighted by Gasteiger charge is -2.34. The van der Waals surface area contributed by atoms with Gasteiger partial charge < -0.3 is 15.3 Å². The zero-order valence-corrected chi connectivity index (χ0v) is 15.6. The fourth-order valence-corrected chi connectivity index (χ4v) is 3.99. The van der Waals surface area contributed by atoms with Crippen LogP contribution >= 0.6 is 0 Å². The summed E-state index contributed by atoms with van der Waals surface area (Å²) in [5.74, 6) is -5.51. The highest BCUT2D eigenvalue weighted by Gasteiger charge is 2.53. The molecule has 31 heavy (non-hydrogen) atoms. The molecule has 14 heteroatoms. The van der Waals surface area contributed by atoms with Gasteiger partial charge in [-0.2, -0.15) is 31.4 Å². The molecule has 2 aromatic heterocycles. The van der Waals surface area contributed by atoms with Crippen LogP contribution in [-0.2, 0) is 11.0 Å². The smallest absolute Gasteiger partial charge is 0.382 e. The molecule has 0 spiro atoms. The van der Waals surface area contributed by atoms with Crippen molar-refractivity contribution in [1.82, 2.24) is 20.2 Å². The van der Waals surface area contributed by atoms with Gasteiger partial charge in [-0.3, -0.25) is 9.89 Å². The van der Waals surface area contributed by atoms with E-state index < -0.39 is 42.0 Å². The number of aromatic amines is 1. The van der Waals surface area contributed by atoms with Crippen LogP contribution in [0, 0.1) is 0 Å². The number of anilines is 2. The van der Waals surface area contributed by atoms with E-state index in [1.54, 1.807) is 4.90 Å². The highest BCUT2D eigenvalue weighted by molar-refractivity contribution is 5.97. The van der Waals surface area contributed by atoms with Gasteiger partial charge in [0, 0.05) is 36.5 Å². The Balaban J connectivity index is 1.55. The first-order chi connectivity index (χ1) is 14.5. The third-order valence-electron chi connectivity index (χ3n) is 5.44. The monoisotopic (exact) mass is 450 g/mol. The number of carbonyl (C=O) groups excluding carboxylic acids is 1. The maximum atomic E-state index is 13.6. The Morgan fingerprint density at radius 2 is 1.81 bits per heavy atom. The lowest BCUT2D eigenvalue weighted by Crippen LogP contribution is -2.44. The molecule has 168 valence electrons. The van der Waals surface area contributed by atoms with Crippen molar-refractivity contribution in [3.63, 3.8) is 0 Å². The second-order valence-corrected chi connectivity index (χ2v) is 7.35. The quantitative estimate of drug-likeness (QED) is 0.608. The topological polar surface area (TPSA) is 107 Å². The third kappa shape index (κ3) is 3.91. The lowest BCUT2D eigenvalue weighted by molar-refractivity contribution is -0.177. The molecule has 2 aliphatic rings. The summed E-state index contributed by atoms with van der Waals surface area (Å²) in [6.45, 7) is 0.469. The van der Waals surface area contributed by atoms with Gasteiger partial charge in [0.2, 0.25) is 5.82 Å². The maximum absolute atomic E-state index is 13.6. The SMILES string of the molecule is O=C1Nc2n[nH]c(C3CCN(c4ccnc(C(F)(F)F)n4)CC3)c2[C@@H](C(F)(F)F)[C@H]1O. The summed E-state index contributed by atoms with van der Waals surface area (Å²) in [4.78, 5) is 20.0. The molecule has 4 rings (SSSR count). The van der Waals surface area contributed by atoms with Gasteiger partial charge in [-0.1, -0.05) is 0 Å². The number of fused-ring (bicyclic) bond motifs is 1. The predicted molar refractivity (Wildman–Crippen MR) is 93.2 cm³/mol. The van der Waals surface area contributed by atoms with Gasteiger partial charge in [0.1, 0.15) is 17.8 Å². The van der Waals surface area contributed by atoms with Crippen molar-refractivity contribution < 1.29 is 36.2 Å². The average Bonchev–Trinajstić information content (AvgIpc) is 3.10. The summed E-state index contributed by atoms with van der Waals surface area (Å²) >= 11 is 0. The number of piperidine rings is 1. The third-order valence-corrected chi connectivity index (χ3v) is 5.44. The van der Waals surface area contributed by atoms with Crippen LogP contribution in [-0.4, -0.2) is 56.5 Å². The minimum absolute atomic E-state index is 0.0725. The van der Waals surface area contributed by atoms with Crippen molar-refractivity contribution in [3.8, 4) is 0 Å². The van der Waals surface area contributed by atoms with Crippen molar-refractivity contribution in [2.45, 2.75) is 43.1 Å². The molecule has 0 saturated carbocycles. The minimum atomic E-state index is -4.87. The van der Waals surface area contributed by atoms with E-state index in [0.29, 0.717) is 12.8 Å². The predicted octanol–water partition coefficient (Wildman–Crippen LogP) is 2.56. The first-order valence-corrected chi connectivity index (χ1v) is 9.26. The zero-order chi connectivity index (χ0) is 22.6. The Labute approximate surface area is 170 Å². The maximum Gasteiger partial charge on any atom is 0.451 e. The molecular weight excluding hydrogens is 434 g/mol. The molecule has 1 saturated heterocycles. The van der Waals surface area contributed by atoms with E-state index in [4.69, 9.17) is 0 Å². The Kier molecular flexibility index (Phi) is 5.06. The van der Waals surface area contributed by atoms with E-state index in [-0.39, 0.29) is 36.0 Å². The number of nitrogens with zero attached hydrogens (tertiary/aromatic N) is 4. The molecule has 3 N–H and O–H groups in total. The number of amides is 1. The number of aliphatic hydroxyl groups is 1. The van der Waals surface area contributed by atoms with Gasteiger partial charge >= 0.3 is 12.4 Å². The molecule has 0 aromatic carbocycles. The first-order valence-electron chi connectivity index (χ1n) is 9.26. The number of aromatic nitrogens is 4. The Morgan fingerprint density at radius 3 is 2.42 bits per heavy atom. The van der Waals surface area contributed by atoms with E-state index in [2.05, 4.69) is 25.5 Å². The number of hydrogen-bond acceptors (Lipinski definition) is 6. The van der Waals surface area contributed by atoms with Crippen LogP contribution in [0.25, 0.3) is 0 Å². The van der Waals surface area contributed by atoms with Crippen LogP contribution in [0.2, 0.25) is 0 Å². The normalized spacial score (nSPS) is 22.9. The van der Waals surface area contributed by atoms with Crippen LogP contribution in [0.5, 0.6) is 0 Å². The summed E-state index contributed by atoms with van der Waals surface area (Å²) in [5.41, 5.74) is -0.158. The second kappa shape index (κ2) is 7.35. The van der Waals surface area contributed by atoms with E-state index in [9.17, 15) is 36.2 Å². The average molecular weight is 450 g/mol. The first kappa shape index (κ1) is 21.3. The number of hydrogen-bond donors (Lipinski definition) is 3. The molecule has 2 atom stereocenters. The van der Waals surface area contributed by atoms with Crippen LogP contribution in [0.3, 0.4) is 0 Å². The Bertz CT molecular complexity index is 982. The molecule has 2 aromatic rings. The van der Waals surface area contributed by atoms with Crippen LogP contribution in [0.1, 0.15) is 41.8 Å². The summed E-state index contributed by atoms with van der Waals surface area (Å²) in [7, 11) is 0. The van der Waals surface area contributed by atoms with Crippen molar-refractivity contribution in [1.29, 1.82) is 0 Å². The molecule has 0 radical (unpaired) electrons. The standard InChI is InChI=1S/C17H16F6N6O2/c18-16(19,20)10-9-11(27-28-13(9)26-14(31)12(10)30)7-2-5-29(6-3-7)8-1-4-24-15(25-8)17(21,22)23/h1,4,7,10,12,30H,2-3,5-6H2,(H2,26,27,28,31)/t10-,12-/m1/s1. The lowest BCUT2D eigenvalue weighted by atomic mass is 9.83. The summed E-state index contributed by atoms with van der Waals surface area (Å²) in [6, 6.07) is 1.33. The summed E-state index contributed by atoms with van der Waals surface area (Å²) in [6.07, 6.45) is -10.3. The Hall–Kier alpha value is -2.90. The van der Waals surface area contributed by atoms with Crippen molar-refractivity contribution in [2.24, 2.45) is 0 Å². The van der Waals surface area contributed by atoms with Gasteiger partial charge in [-0.25, -0.2) is 9.97 Å². The van der Waals surface area contributed by atoms with Gasteiger partial charge in [0.05, 0.1) is 0 Å². The molecule has 2 aliphatic heterocycles. The fourth-order valence-electron chi connectivity index (χ4n) is 3.99. The summed E-state index contributed by atoms with van der Waals surface area (Å²) in [5, 5.41) is 18.3. The van der Waals surface area contributed by atoms with Crippen molar-refractivity contribution in [2.75, 3.05) is 23.3 Å². The fraction of sp³-hybridized carbons (Fsp3) is 0.529. The zero-order valence-electron chi connectivity index (χ0n) is 15.6. The van der Waals surface area contributed by atoms with Crippen LogP contribution < -0.4 is 10.2 Å². The summed E-state index contributed by atoms with van der Waals surface area (Å²) < 4.78 is 79.3. The van der Waals surface area contributed by atoms with E-state index in [0.717, 1.165) is 6.20 Å². The second-order valence-electron chi connectivity index (χ2n) is 7.35. The molecule has 1 fully saturated rings. The minimum Gasteiger partial charge on any atom is -0.382 e. The highest BCUT2D eigenvalue weighted by Crippen LogP contribution is 2.47.